The normalized spacial score (nSPS) is 11.5. The van der Waals surface area contributed by atoms with Crippen molar-refractivity contribution in [2.24, 2.45) is 5.10 Å². The first-order valence-corrected chi connectivity index (χ1v) is 10.3. The molecule has 0 saturated carbocycles. The van der Waals surface area contributed by atoms with Gasteiger partial charge in [0, 0.05) is 5.56 Å². The van der Waals surface area contributed by atoms with Gasteiger partial charge in [-0.25, -0.2) is 13.8 Å². The Balaban J connectivity index is 1.72. The zero-order valence-corrected chi connectivity index (χ0v) is 16.0. The van der Waals surface area contributed by atoms with Crippen molar-refractivity contribution < 1.29 is 17.6 Å². The number of furan rings is 1. The molecule has 0 saturated heterocycles. The highest BCUT2D eigenvalue weighted by Gasteiger charge is 2.18. The summed E-state index contributed by atoms with van der Waals surface area (Å²) in [7, 11) is -3.49. The molecule has 1 N–H and O–H groups in total. The molecule has 0 aliphatic rings. The SMILES string of the molecule is CS(=O)(=O)N(Cc1ccccc1)c1ccc(C(=O)N/N=C\c2ccco2)cc1. The van der Waals surface area contributed by atoms with Gasteiger partial charge in [0.05, 0.1) is 31.0 Å². The predicted molar refractivity (Wildman–Crippen MR) is 108 cm³/mol. The summed E-state index contributed by atoms with van der Waals surface area (Å²) in [5, 5.41) is 3.82. The number of hydrazone groups is 1. The Hall–Kier alpha value is -3.39. The number of anilines is 1. The predicted octanol–water partition coefficient (Wildman–Crippen LogP) is 3.01. The van der Waals surface area contributed by atoms with Gasteiger partial charge < -0.3 is 4.42 Å². The summed E-state index contributed by atoms with van der Waals surface area (Å²) >= 11 is 0. The summed E-state index contributed by atoms with van der Waals surface area (Å²) in [6, 6.07) is 19.0. The zero-order chi connectivity index (χ0) is 20.0. The highest BCUT2D eigenvalue weighted by Crippen LogP contribution is 2.21. The Kier molecular flexibility index (Phi) is 5.90. The first kappa shape index (κ1) is 19.4. The van der Waals surface area contributed by atoms with E-state index in [4.69, 9.17) is 4.42 Å². The average molecular weight is 397 g/mol. The summed E-state index contributed by atoms with van der Waals surface area (Å²) < 4.78 is 30.8. The van der Waals surface area contributed by atoms with Crippen LogP contribution in [0.15, 0.2) is 82.5 Å². The van der Waals surface area contributed by atoms with Crippen molar-refractivity contribution >= 4 is 27.8 Å². The zero-order valence-electron chi connectivity index (χ0n) is 15.1. The Labute approximate surface area is 163 Å². The van der Waals surface area contributed by atoms with Gasteiger partial charge in [-0.05, 0) is 42.0 Å². The Bertz CT molecular complexity index is 1040. The van der Waals surface area contributed by atoms with Gasteiger partial charge in [-0.3, -0.25) is 9.10 Å². The highest BCUT2D eigenvalue weighted by atomic mass is 32.2. The van der Waals surface area contributed by atoms with Crippen LogP contribution in [0.2, 0.25) is 0 Å². The molecule has 0 spiro atoms. The van der Waals surface area contributed by atoms with Crippen LogP contribution in [0.25, 0.3) is 0 Å². The molecule has 1 aromatic heterocycles. The van der Waals surface area contributed by atoms with Gasteiger partial charge >= 0.3 is 0 Å². The van der Waals surface area contributed by atoms with Gasteiger partial charge in [0.25, 0.3) is 5.91 Å². The highest BCUT2D eigenvalue weighted by molar-refractivity contribution is 7.92. The maximum absolute atomic E-state index is 12.2. The van der Waals surface area contributed by atoms with Crippen LogP contribution in [-0.4, -0.2) is 26.8 Å². The standard InChI is InChI=1S/C20H19N3O4S/c1-28(25,26)23(15-16-6-3-2-4-7-16)18-11-9-17(10-12-18)20(24)22-21-14-19-8-5-13-27-19/h2-14H,15H2,1H3,(H,22,24)/b21-14-. The Morgan fingerprint density at radius 2 is 1.79 bits per heavy atom. The summed E-state index contributed by atoms with van der Waals surface area (Å²) in [4.78, 5) is 12.2. The molecule has 2 aromatic carbocycles. The number of sulfonamides is 1. The maximum atomic E-state index is 12.2. The molecule has 3 aromatic rings. The smallest absolute Gasteiger partial charge is 0.271 e. The molecule has 28 heavy (non-hydrogen) atoms. The van der Waals surface area contributed by atoms with Gasteiger partial charge in [-0.2, -0.15) is 5.10 Å². The van der Waals surface area contributed by atoms with Gasteiger partial charge in [-0.1, -0.05) is 30.3 Å². The Morgan fingerprint density at radius 3 is 2.39 bits per heavy atom. The van der Waals surface area contributed by atoms with Gasteiger partial charge in [0.2, 0.25) is 10.0 Å². The number of hydrogen-bond donors (Lipinski definition) is 1. The second kappa shape index (κ2) is 8.53. The molecular weight excluding hydrogens is 378 g/mol. The number of carbonyl (C=O) groups is 1. The molecule has 3 rings (SSSR count). The van der Waals surface area contributed by atoms with E-state index in [0.717, 1.165) is 11.8 Å². The molecule has 144 valence electrons. The molecule has 0 fully saturated rings. The lowest BCUT2D eigenvalue weighted by Gasteiger charge is -2.22. The molecule has 0 aliphatic heterocycles. The summed E-state index contributed by atoms with van der Waals surface area (Å²) in [5.41, 5.74) is 4.09. The third-order valence-electron chi connectivity index (χ3n) is 3.89. The lowest BCUT2D eigenvalue weighted by molar-refractivity contribution is 0.0955. The molecule has 0 radical (unpaired) electrons. The van der Waals surface area contributed by atoms with Crippen molar-refractivity contribution in [3.63, 3.8) is 0 Å². The second-order valence-corrected chi connectivity index (χ2v) is 7.92. The van der Waals surface area contributed by atoms with E-state index < -0.39 is 15.9 Å². The number of nitrogens with one attached hydrogen (secondary N) is 1. The van der Waals surface area contributed by atoms with E-state index in [1.54, 1.807) is 36.4 Å². The third-order valence-corrected chi connectivity index (χ3v) is 5.03. The van der Waals surface area contributed by atoms with E-state index in [1.165, 1.54) is 16.8 Å². The molecule has 8 heteroatoms. The van der Waals surface area contributed by atoms with Crippen LogP contribution in [0, 0.1) is 0 Å². The largest absolute Gasteiger partial charge is 0.463 e. The van der Waals surface area contributed by atoms with E-state index >= 15 is 0 Å². The summed E-state index contributed by atoms with van der Waals surface area (Å²) in [5.74, 6) is 0.101. The minimum absolute atomic E-state index is 0.207. The van der Waals surface area contributed by atoms with E-state index in [9.17, 15) is 13.2 Å². The number of hydrogen-bond acceptors (Lipinski definition) is 5. The molecule has 1 heterocycles. The van der Waals surface area contributed by atoms with Crippen LogP contribution >= 0.6 is 0 Å². The molecule has 0 atom stereocenters. The summed E-state index contributed by atoms with van der Waals surface area (Å²) in [6.45, 7) is 0.207. The van der Waals surface area contributed by atoms with Crippen LogP contribution in [0.3, 0.4) is 0 Å². The number of rotatable bonds is 7. The maximum Gasteiger partial charge on any atom is 0.271 e. The lowest BCUT2D eigenvalue weighted by Crippen LogP contribution is -2.29. The van der Waals surface area contributed by atoms with Crippen molar-refractivity contribution in [3.8, 4) is 0 Å². The fourth-order valence-corrected chi connectivity index (χ4v) is 3.40. The number of nitrogens with zero attached hydrogens (tertiary/aromatic N) is 2. The van der Waals surface area contributed by atoms with Gasteiger partial charge in [0.1, 0.15) is 5.76 Å². The van der Waals surface area contributed by atoms with Crippen molar-refractivity contribution in [2.75, 3.05) is 10.6 Å². The minimum Gasteiger partial charge on any atom is -0.463 e. The van der Waals surface area contributed by atoms with Crippen molar-refractivity contribution in [1.82, 2.24) is 5.43 Å². The first-order valence-electron chi connectivity index (χ1n) is 8.42. The fourth-order valence-electron chi connectivity index (χ4n) is 2.51. The second-order valence-electron chi connectivity index (χ2n) is 6.02. The Morgan fingerprint density at radius 1 is 1.07 bits per heavy atom. The number of carbonyl (C=O) groups excluding carboxylic acids is 1. The van der Waals surface area contributed by atoms with Gasteiger partial charge in [-0.15, -0.1) is 0 Å². The van der Waals surface area contributed by atoms with Crippen LogP contribution in [0.4, 0.5) is 5.69 Å². The van der Waals surface area contributed by atoms with Crippen LogP contribution < -0.4 is 9.73 Å². The lowest BCUT2D eigenvalue weighted by atomic mass is 10.2. The quantitative estimate of drug-likeness (QED) is 0.490. The summed E-state index contributed by atoms with van der Waals surface area (Å²) in [6.07, 6.45) is 4.04. The van der Waals surface area contributed by atoms with E-state index in [-0.39, 0.29) is 6.54 Å². The van der Waals surface area contributed by atoms with E-state index in [1.807, 2.05) is 30.3 Å². The van der Waals surface area contributed by atoms with Crippen molar-refractivity contribution in [1.29, 1.82) is 0 Å². The molecule has 7 nitrogen and oxygen atoms in total. The molecular formula is C20H19N3O4S. The van der Waals surface area contributed by atoms with Crippen LogP contribution in [0.5, 0.6) is 0 Å². The molecule has 1 amide bonds. The van der Waals surface area contributed by atoms with Crippen LogP contribution in [-0.2, 0) is 16.6 Å². The topological polar surface area (TPSA) is 92.0 Å². The van der Waals surface area contributed by atoms with E-state index in [0.29, 0.717) is 17.0 Å². The molecule has 0 bridgehead atoms. The third kappa shape index (κ3) is 5.08. The number of benzene rings is 2. The average Bonchev–Trinajstić information content (AvgIpc) is 3.20. The molecule has 0 unspecified atom stereocenters. The van der Waals surface area contributed by atoms with Crippen LogP contribution in [0.1, 0.15) is 21.7 Å². The monoisotopic (exact) mass is 397 g/mol. The first-order chi connectivity index (χ1) is 13.4. The van der Waals surface area contributed by atoms with Crippen molar-refractivity contribution in [2.45, 2.75) is 6.54 Å². The minimum atomic E-state index is -3.49. The fraction of sp³-hybridized carbons (Fsp3) is 0.100. The number of amides is 1. The molecule has 0 aliphatic carbocycles. The van der Waals surface area contributed by atoms with Crippen molar-refractivity contribution in [3.05, 3.63) is 89.9 Å². The van der Waals surface area contributed by atoms with Gasteiger partial charge in [0.15, 0.2) is 0 Å². The van der Waals surface area contributed by atoms with E-state index in [2.05, 4.69) is 10.5 Å².